The van der Waals surface area contributed by atoms with Crippen LogP contribution in [-0.2, 0) is 7.05 Å². The molecule has 0 spiro atoms. The molecule has 3 N–H and O–H groups in total. The van der Waals surface area contributed by atoms with Gasteiger partial charge >= 0.3 is 6.03 Å². The summed E-state index contributed by atoms with van der Waals surface area (Å²) in [6.07, 6.45) is 0.799. The monoisotopic (exact) mass is 278 g/mol. The molecule has 0 aliphatic rings. The Hall–Kier alpha value is -2.41. The molecule has 2 aromatic rings. The molecule has 2 amide bonds. The number of nitrogens with zero attached hydrogens (tertiary/aromatic N) is 2. The number of hydrogen-bond donors (Lipinski definition) is 3. The third-order valence-corrected chi connectivity index (χ3v) is 2.67. The second kappa shape index (κ2) is 6.16. The van der Waals surface area contributed by atoms with Gasteiger partial charge in [0.05, 0.1) is 6.10 Å². The van der Waals surface area contributed by atoms with Gasteiger partial charge in [0.15, 0.2) is 5.82 Å². The number of anilines is 1. The van der Waals surface area contributed by atoms with Crippen LogP contribution in [0.3, 0.4) is 0 Å². The van der Waals surface area contributed by atoms with Crippen LogP contribution in [0, 0.1) is 5.82 Å². The van der Waals surface area contributed by atoms with Crippen LogP contribution in [0.25, 0.3) is 0 Å². The first-order valence-electron chi connectivity index (χ1n) is 6.02. The highest BCUT2D eigenvalue weighted by Crippen LogP contribution is 2.12. The van der Waals surface area contributed by atoms with E-state index >= 15 is 0 Å². The van der Waals surface area contributed by atoms with E-state index in [4.69, 9.17) is 0 Å². The Labute approximate surface area is 115 Å². The maximum atomic E-state index is 12.7. The summed E-state index contributed by atoms with van der Waals surface area (Å²) in [6.45, 7) is 0.0182. The van der Waals surface area contributed by atoms with Gasteiger partial charge in [-0.25, -0.2) is 9.18 Å². The third-order valence-electron chi connectivity index (χ3n) is 2.67. The van der Waals surface area contributed by atoms with Gasteiger partial charge in [0.2, 0.25) is 0 Å². The lowest BCUT2D eigenvalue weighted by molar-refractivity contribution is 0.175. The zero-order valence-electron chi connectivity index (χ0n) is 10.9. The molecule has 1 heterocycles. The average molecular weight is 278 g/mol. The van der Waals surface area contributed by atoms with E-state index in [2.05, 4.69) is 15.7 Å². The van der Waals surface area contributed by atoms with Gasteiger partial charge in [0.25, 0.3) is 0 Å². The van der Waals surface area contributed by atoms with Crippen LogP contribution in [0.5, 0.6) is 0 Å². The first-order valence-corrected chi connectivity index (χ1v) is 6.02. The van der Waals surface area contributed by atoms with E-state index in [1.807, 2.05) is 0 Å². The van der Waals surface area contributed by atoms with Gasteiger partial charge in [0, 0.05) is 25.9 Å². The molecule has 7 heteroatoms. The van der Waals surface area contributed by atoms with E-state index in [-0.39, 0.29) is 12.4 Å². The summed E-state index contributed by atoms with van der Waals surface area (Å²) < 4.78 is 14.3. The maximum Gasteiger partial charge on any atom is 0.320 e. The van der Waals surface area contributed by atoms with Crippen LogP contribution in [-0.4, -0.2) is 27.5 Å². The predicted molar refractivity (Wildman–Crippen MR) is 71.6 cm³/mol. The predicted octanol–water partition coefficient (Wildman–Crippen LogP) is 1.41. The number of nitrogens with one attached hydrogen (secondary N) is 2. The number of urea groups is 1. The SMILES string of the molecule is Cn1ccc(NC(=O)NC[C@H](O)c2ccc(F)cc2)n1. The zero-order valence-corrected chi connectivity index (χ0v) is 10.9. The number of aromatic nitrogens is 2. The van der Waals surface area contributed by atoms with Crippen molar-refractivity contribution < 1.29 is 14.3 Å². The van der Waals surface area contributed by atoms with Gasteiger partial charge < -0.3 is 10.4 Å². The molecule has 0 saturated heterocycles. The molecule has 0 aliphatic heterocycles. The van der Waals surface area contributed by atoms with Gasteiger partial charge in [-0.1, -0.05) is 12.1 Å². The Balaban J connectivity index is 1.82. The molecule has 1 aromatic heterocycles. The summed E-state index contributed by atoms with van der Waals surface area (Å²) >= 11 is 0. The minimum Gasteiger partial charge on any atom is -0.387 e. The molecule has 106 valence electrons. The summed E-state index contributed by atoms with van der Waals surface area (Å²) in [4.78, 5) is 11.6. The van der Waals surface area contributed by atoms with Crippen LogP contribution in [0.2, 0.25) is 0 Å². The number of rotatable bonds is 4. The minimum absolute atomic E-state index is 0.0182. The molecule has 1 atom stereocenters. The molecule has 0 radical (unpaired) electrons. The van der Waals surface area contributed by atoms with Gasteiger partial charge in [-0.2, -0.15) is 5.10 Å². The topological polar surface area (TPSA) is 79.2 Å². The van der Waals surface area contributed by atoms with Crippen LogP contribution in [0.1, 0.15) is 11.7 Å². The lowest BCUT2D eigenvalue weighted by Crippen LogP contribution is -2.32. The maximum absolute atomic E-state index is 12.7. The van der Waals surface area contributed by atoms with Crippen molar-refractivity contribution in [3.8, 4) is 0 Å². The Kier molecular flexibility index (Phi) is 4.31. The Morgan fingerprint density at radius 3 is 2.70 bits per heavy atom. The fourth-order valence-electron chi connectivity index (χ4n) is 1.63. The van der Waals surface area contributed by atoms with E-state index in [1.165, 1.54) is 24.3 Å². The van der Waals surface area contributed by atoms with Gasteiger partial charge in [-0.15, -0.1) is 0 Å². The Morgan fingerprint density at radius 1 is 1.40 bits per heavy atom. The van der Waals surface area contributed by atoms with Crippen molar-refractivity contribution in [2.45, 2.75) is 6.10 Å². The lowest BCUT2D eigenvalue weighted by Gasteiger charge is -2.12. The van der Waals surface area contributed by atoms with Crippen molar-refractivity contribution in [2.24, 2.45) is 7.05 Å². The standard InChI is InChI=1S/C13H15FN4O2/c1-18-7-6-12(17-18)16-13(20)15-8-11(19)9-2-4-10(14)5-3-9/h2-7,11,19H,8H2,1H3,(H2,15,16,17,20)/t11-/m0/s1. The van der Waals surface area contributed by atoms with Crippen molar-refractivity contribution in [1.29, 1.82) is 0 Å². The van der Waals surface area contributed by atoms with E-state index < -0.39 is 12.1 Å². The molecular formula is C13H15FN4O2. The number of carbonyl (C=O) groups excluding carboxylic acids is 1. The number of aryl methyl sites for hydroxylation is 1. The van der Waals surface area contributed by atoms with Crippen molar-refractivity contribution in [2.75, 3.05) is 11.9 Å². The molecule has 0 bridgehead atoms. The lowest BCUT2D eigenvalue weighted by atomic mass is 10.1. The van der Waals surface area contributed by atoms with Gasteiger partial charge in [-0.3, -0.25) is 10.00 Å². The molecule has 0 fully saturated rings. The number of amides is 2. The van der Waals surface area contributed by atoms with Crippen LogP contribution < -0.4 is 10.6 Å². The molecule has 20 heavy (non-hydrogen) atoms. The number of halogens is 1. The fraction of sp³-hybridized carbons (Fsp3) is 0.231. The normalized spacial score (nSPS) is 11.9. The van der Waals surface area contributed by atoms with E-state index in [9.17, 15) is 14.3 Å². The largest absolute Gasteiger partial charge is 0.387 e. The first-order chi connectivity index (χ1) is 9.54. The minimum atomic E-state index is -0.898. The number of benzene rings is 1. The fourth-order valence-corrected chi connectivity index (χ4v) is 1.63. The summed E-state index contributed by atoms with van der Waals surface area (Å²) in [5, 5.41) is 18.9. The molecule has 0 aliphatic carbocycles. The second-order valence-corrected chi connectivity index (χ2v) is 4.28. The van der Waals surface area contributed by atoms with E-state index in [1.54, 1.807) is 24.0 Å². The van der Waals surface area contributed by atoms with Crippen LogP contribution in [0.15, 0.2) is 36.5 Å². The highest BCUT2D eigenvalue weighted by atomic mass is 19.1. The zero-order chi connectivity index (χ0) is 14.5. The summed E-state index contributed by atoms with van der Waals surface area (Å²) in [7, 11) is 1.74. The highest BCUT2D eigenvalue weighted by molar-refractivity contribution is 5.88. The number of aliphatic hydroxyl groups excluding tert-OH is 1. The van der Waals surface area contributed by atoms with Gasteiger partial charge in [-0.05, 0) is 17.7 Å². The summed E-state index contributed by atoms with van der Waals surface area (Å²) in [6, 6.07) is 6.64. The molecule has 2 rings (SSSR count). The van der Waals surface area contributed by atoms with Crippen LogP contribution >= 0.6 is 0 Å². The third kappa shape index (κ3) is 3.79. The number of aliphatic hydroxyl groups is 1. The average Bonchev–Trinajstić information content (AvgIpc) is 2.82. The first kappa shape index (κ1) is 14.0. The molecular weight excluding hydrogens is 263 g/mol. The van der Waals surface area contributed by atoms with Gasteiger partial charge in [0.1, 0.15) is 5.82 Å². The van der Waals surface area contributed by atoms with Crippen molar-refractivity contribution in [1.82, 2.24) is 15.1 Å². The molecule has 6 nitrogen and oxygen atoms in total. The number of carbonyl (C=O) groups is 1. The molecule has 0 unspecified atom stereocenters. The van der Waals surface area contributed by atoms with Crippen molar-refractivity contribution >= 4 is 11.8 Å². The molecule has 1 aromatic carbocycles. The van der Waals surface area contributed by atoms with E-state index in [0.717, 1.165) is 0 Å². The Morgan fingerprint density at radius 2 is 2.10 bits per heavy atom. The van der Waals surface area contributed by atoms with Crippen molar-refractivity contribution in [3.63, 3.8) is 0 Å². The Bertz CT molecular complexity index is 582. The summed E-state index contributed by atoms with van der Waals surface area (Å²) in [5.41, 5.74) is 0.532. The van der Waals surface area contributed by atoms with Crippen molar-refractivity contribution in [3.05, 3.63) is 47.9 Å². The summed E-state index contributed by atoms with van der Waals surface area (Å²) in [5.74, 6) is 0.0445. The quantitative estimate of drug-likeness (QED) is 0.791. The highest BCUT2D eigenvalue weighted by Gasteiger charge is 2.10. The molecule has 0 saturated carbocycles. The second-order valence-electron chi connectivity index (χ2n) is 4.28. The number of hydrogen-bond acceptors (Lipinski definition) is 3. The van der Waals surface area contributed by atoms with E-state index in [0.29, 0.717) is 11.4 Å². The smallest absolute Gasteiger partial charge is 0.320 e. The van der Waals surface area contributed by atoms with Crippen LogP contribution in [0.4, 0.5) is 15.0 Å².